The molecule has 2 aromatic carbocycles. The van der Waals surface area contributed by atoms with Gasteiger partial charge in [-0.2, -0.15) is 0 Å². The van der Waals surface area contributed by atoms with Gasteiger partial charge in [0, 0.05) is 12.0 Å². The van der Waals surface area contributed by atoms with E-state index in [-0.39, 0.29) is 12.6 Å². The third-order valence-corrected chi connectivity index (χ3v) is 4.95. The van der Waals surface area contributed by atoms with Crippen molar-refractivity contribution in [1.82, 2.24) is 0 Å². The highest BCUT2D eigenvalue weighted by Gasteiger charge is 2.68. The third-order valence-electron chi connectivity index (χ3n) is 4.95. The quantitative estimate of drug-likeness (QED) is 0.866. The molecule has 0 saturated heterocycles. The molecule has 1 heterocycles. The van der Waals surface area contributed by atoms with Crippen LogP contribution in [0.2, 0.25) is 0 Å². The van der Waals surface area contributed by atoms with Crippen molar-refractivity contribution in [3.63, 3.8) is 0 Å². The van der Waals surface area contributed by atoms with Gasteiger partial charge in [0.2, 0.25) is 5.79 Å². The molecule has 1 saturated carbocycles. The van der Waals surface area contributed by atoms with Crippen molar-refractivity contribution in [3.05, 3.63) is 42.0 Å². The SMILES string of the molecule is CCOC(=O)[C@]12CCC[C@@]1(O)Oc1ccc3ccccc3c12. The second-order valence-corrected chi connectivity index (χ2v) is 6.03. The molecule has 4 rings (SSSR count). The predicted octanol–water partition coefficient (Wildman–Crippen LogP) is 2.91. The fourth-order valence-electron chi connectivity index (χ4n) is 4.04. The number of ether oxygens (including phenoxy) is 2. The molecule has 0 aromatic heterocycles. The minimum absolute atomic E-state index is 0.288. The molecule has 0 radical (unpaired) electrons. The first-order valence-corrected chi connectivity index (χ1v) is 7.73. The molecule has 0 unspecified atom stereocenters. The standard InChI is InChI=1S/C18H18O4/c1-2-21-16(19)17-10-5-11-18(17,20)22-14-9-8-12-6-3-4-7-13(12)15(14)17/h3-4,6-9,20H,2,5,10-11H2,1H3/t17-,18-/m1/s1. The van der Waals surface area contributed by atoms with Crippen LogP contribution in [-0.2, 0) is 14.9 Å². The Labute approximate surface area is 128 Å². The van der Waals surface area contributed by atoms with Crippen LogP contribution in [0.15, 0.2) is 36.4 Å². The molecule has 0 amide bonds. The van der Waals surface area contributed by atoms with Crippen LogP contribution in [0.3, 0.4) is 0 Å². The number of carbonyl (C=O) groups excluding carboxylic acids is 1. The van der Waals surface area contributed by atoms with Crippen LogP contribution in [0.1, 0.15) is 31.7 Å². The summed E-state index contributed by atoms with van der Waals surface area (Å²) in [6.07, 6.45) is 1.72. The first kappa shape index (κ1) is 13.6. The average Bonchev–Trinajstić information content (AvgIpc) is 2.96. The van der Waals surface area contributed by atoms with E-state index in [0.717, 1.165) is 22.8 Å². The maximum atomic E-state index is 12.8. The topological polar surface area (TPSA) is 55.8 Å². The van der Waals surface area contributed by atoms with E-state index < -0.39 is 11.2 Å². The Kier molecular flexibility index (Phi) is 2.76. The van der Waals surface area contributed by atoms with Gasteiger partial charge in [-0.25, -0.2) is 0 Å². The molecule has 2 atom stereocenters. The lowest BCUT2D eigenvalue weighted by molar-refractivity contribution is -0.187. The summed E-state index contributed by atoms with van der Waals surface area (Å²) < 4.78 is 11.2. The van der Waals surface area contributed by atoms with Crippen molar-refractivity contribution < 1.29 is 19.4 Å². The fourth-order valence-corrected chi connectivity index (χ4v) is 4.04. The van der Waals surface area contributed by atoms with Gasteiger partial charge >= 0.3 is 5.97 Å². The van der Waals surface area contributed by atoms with Crippen LogP contribution in [0.5, 0.6) is 5.75 Å². The summed E-state index contributed by atoms with van der Waals surface area (Å²) >= 11 is 0. The van der Waals surface area contributed by atoms with Crippen LogP contribution >= 0.6 is 0 Å². The molecule has 4 nitrogen and oxygen atoms in total. The van der Waals surface area contributed by atoms with Crippen LogP contribution in [0.4, 0.5) is 0 Å². The van der Waals surface area contributed by atoms with Gasteiger partial charge in [0.05, 0.1) is 6.61 Å². The van der Waals surface area contributed by atoms with E-state index in [1.165, 1.54) is 0 Å². The van der Waals surface area contributed by atoms with Crippen molar-refractivity contribution in [2.24, 2.45) is 0 Å². The summed E-state index contributed by atoms with van der Waals surface area (Å²) in [7, 11) is 0. The van der Waals surface area contributed by atoms with Gasteiger partial charge in [0.1, 0.15) is 5.75 Å². The highest BCUT2D eigenvalue weighted by Crippen LogP contribution is 2.59. The smallest absolute Gasteiger partial charge is 0.323 e. The average molecular weight is 298 g/mol. The van der Waals surface area contributed by atoms with E-state index in [4.69, 9.17) is 9.47 Å². The van der Waals surface area contributed by atoms with Gasteiger partial charge in [-0.1, -0.05) is 30.3 Å². The minimum Gasteiger partial charge on any atom is -0.465 e. The molecule has 1 fully saturated rings. The van der Waals surface area contributed by atoms with Crippen molar-refractivity contribution in [2.75, 3.05) is 6.61 Å². The Bertz CT molecular complexity index is 769. The summed E-state index contributed by atoms with van der Waals surface area (Å²) in [6.45, 7) is 2.07. The van der Waals surface area contributed by atoms with E-state index in [9.17, 15) is 9.90 Å². The maximum absolute atomic E-state index is 12.8. The zero-order valence-corrected chi connectivity index (χ0v) is 12.5. The minimum atomic E-state index is -1.49. The van der Waals surface area contributed by atoms with E-state index in [0.29, 0.717) is 18.6 Å². The lowest BCUT2D eigenvalue weighted by Gasteiger charge is -2.32. The Morgan fingerprint density at radius 3 is 2.91 bits per heavy atom. The Hall–Kier alpha value is -2.07. The highest BCUT2D eigenvalue weighted by atomic mass is 16.6. The van der Waals surface area contributed by atoms with Crippen molar-refractivity contribution in [1.29, 1.82) is 0 Å². The number of esters is 1. The number of fused-ring (bicyclic) bond motifs is 5. The molecular weight excluding hydrogens is 280 g/mol. The summed E-state index contributed by atoms with van der Waals surface area (Å²) in [4.78, 5) is 12.8. The molecule has 22 heavy (non-hydrogen) atoms. The molecular formula is C18H18O4. The van der Waals surface area contributed by atoms with Gasteiger partial charge in [-0.05, 0) is 36.6 Å². The van der Waals surface area contributed by atoms with Gasteiger partial charge in [-0.15, -0.1) is 0 Å². The number of rotatable bonds is 2. The van der Waals surface area contributed by atoms with E-state index in [1.54, 1.807) is 6.92 Å². The summed E-state index contributed by atoms with van der Waals surface area (Å²) in [5, 5.41) is 13.0. The molecule has 2 aromatic rings. The highest BCUT2D eigenvalue weighted by molar-refractivity contribution is 5.98. The fraction of sp³-hybridized carbons (Fsp3) is 0.389. The lowest BCUT2D eigenvalue weighted by atomic mass is 9.74. The lowest BCUT2D eigenvalue weighted by Crippen LogP contribution is -2.53. The van der Waals surface area contributed by atoms with Crippen molar-refractivity contribution >= 4 is 16.7 Å². The molecule has 2 aliphatic rings. The number of carbonyl (C=O) groups is 1. The molecule has 1 N–H and O–H groups in total. The second-order valence-electron chi connectivity index (χ2n) is 6.03. The Balaban J connectivity index is 2.04. The van der Waals surface area contributed by atoms with Crippen LogP contribution in [0.25, 0.3) is 10.8 Å². The van der Waals surface area contributed by atoms with Crippen molar-refractivity contribution in [2.45, 2.75) is 37.4 Å². The number of hydrogen-bond donors (Lipinski definition) is 1. The van der Waals surface area contributed by atoms with Gasteiger partial charge in [0.15, 0.2) is 5.41 Å². The van der Waals surface area contributed by atoms with Crippen LogP contribution in [0, 0.1) is 0 Å². The van der Waals surface area contributed by atoms with Crippen LogP contribution < -0.4 is 4.74 Å². The summed E-state index contributed by atoms with van der Waals surface area (Å²) in [6, 6.07) is 11.7. The Morgan fingerprint density at radius 2 is 2.09 bits per heavy atom. The molecule has 114 valence electrons. The van der Waals surface area contributed by atoms with E-state index in [1.807, 2.05) is 36.4 Å². The van der Waals surface area contributed by atoms with Crippen LogP contribution in [-0.4, -0.2) is 23.5 Å². The summed E-state index contributed by atoms with van der Waals surface area (Å²) in [5.74, 6) is -1.29. The largest absolute Gasteiger partial charge is 0.465 e. The number of benzene rings is 2. The maximum Gasteiger partial charge on any atom is 0.323 e. The molecule has 0 spiro atoms. The molecule has 0 bridgehead atoms. The van der Waals surface area contributed by atoms with Crippen molar-refractivity contribution in [3.8, 4) is 5.75 Å². The van der Waals surface area contributed by atoms with Gasteiger partial charge in [0.25, 0.3) is 0 Å². The first-order chi connectivity index (χ1) is 10.6. The first-order valence-electron chi connectivity index (χ1n) is 7.73. The van der Waals surface area contributed by atoms with E-state index >= 15 is 0 Å². The zero-order chi connectivity index (χ0) is 15.4. The zero-order valence-electron chi connectivity index (χ0n) is 12.5. The molecule has 4 heteroatoms. The monoisotopic (exact) mass is 298 g/mol. The number of hydrogen-bond acceptors (Lipinski definition) is 4. The molecule has 1 aliphatic carbocycles. The van der Waals surface area contributed by atoms with Gasteiger partial charge in [-0.3, -0.25) is 4.79 Å². The third kappa shape index (κ3) is 1.48. The van der Waals surface area contributed by atoms with E-state index in [2.05, 4.69) is 0 Å². The Morgan fingerprint density at radius 1 is 1.27 bits per heavy atom. The molecule has 1 aliphatic heterocycles. The predicted molar refractivity (Wildman–Crippen MR) is 81.7 cm³/mol. The number of aliphatic hydroxyl groups is 1. The normalized spacial score (nSPS) is 29.0. The van der Waals surface area contributed by atoms with Gasteiger partial charge < -0.3 is 14.6 Å². The summed E-state index contributed by atoms with van der Waals surface area (Å²) in [5.41, 5.74) is -0.330. The second kappa shape index (κ2) is 4.46.